The van der Waals surface area contributed by atoms with E-state index in [4.69, 9.17) is 9.73 Å². The molecule has 1 saturated heterocycles. The van der Waals surface area contributed by atoms with E-state index in [1.807, 2.05) is 0 Å². The lowest BCUT2D eigenvalue weighted by Gasteiger charge is -2.28. The molecule has 5 nitrogen and oxygen atoms in total. The molecule has 0 saturated carbocycles. The second-order valence-corrected chi connectivity index (χ2v) is 7.98. The zero-order chi connectivity index (χ0) is 20.5. The van der Waals surface area contributed by atoms with Crippen LogP contribution in [0, 0.1) is 6.92 Å². The minimum Gasteiger partial charge on any atom is -0.378 e. The van der Waals surface area contributed by atoms with Crippen LogP contribution >= 0.6 is 35.7 Å². The fourth-order valence-electron chi connectivity index (χ4n) is 3.32. The van der Waals surface area contributed by atoms with E-state index in [0.29, 0.717) is 6.54 Å². The molecule has 7 heteroatoms. The fourth-order valence-corrected chi connectivity index (χ4v) is 4.03. The van der Waals surface area contributed by atoms with Crippen LogP contribution in [-0.2, 0) is 17.8 Å². The number of anilines is 1. The predicted molar refractivity (Wildman–Crippen MR) is 140 cm³/mol. The summed E-state index contributed by atoms with van der Waals surface area (Å²) < 4.78 is 5.43. The molecule has 1 aliphatic heterocycles. The Hall–Kier alpha value is -1.45. The summed E-state index contributed by atoms with van der Waals surface area (Å²) in [6.45, 7) is 10.0. The van der Waals surface area contributed by atoms with E-state index in [1.54, 1.807) is 11.8 Å². The number of nitrogens with zero attached hydrogens (tertiary/aromatic N) is 2. The number of ether oxygens (including phenoxy) is 1. The van der Waals surface area contributed by atoms with Gasteiger partial charge in [0.15, 0.2) is 5.96 Å². The van der Waals surface area contributed by atoms with Crippen LogP contribution in [0.15, 0.2) is 52.4 Å². The van der Waals surface area contributed by atoms with Crippen molar-refractivity contribution >= 4 is 47.4 Å². The van der Waals surface area contributed by atoms with Crippen molar-refractivity contribution < 1.29 is 4.74 Å². The number of thioether (sulfide) groups is 1. The van der Waals surface area contributed by atoms with Crippen molar-refractivity contribution in [2.45, 2.75) is 31.8 Å². The van der Waals surface area contributed by atoms with Gasteiger partial charge in [0.25, 0.3) is 0 Å². The van der Waals surface area contributed by atoms with Gasteiger partial charge in [0.2, 0.25) is 0 Å². The molecule has 2 aromatic carbocycles. The first-order valence-electron chi connectivity index (χ1n) is 10.3. The lowest BCUT2D eigenvalue weighted by atomic mass is 10.1. The number of rotatable bonds is 7. The van der Waals surface area contributed by atoms with Crippen molar-refractivity contribution in [3.8, 4) is 0 Å². The summed E-state index contributed by atoms with van der Waals surface area (Å²) in [7, 11) is 0. The molecule has 1 heterocycles. The highest BCUT2D eigenvalue weighted by Crippen LogP contribution is 2.21. The van der Waals surface area contributed by atoms with Crippen molar-refractivity contribution in [2.24, 2.45) is 4.99 Å². The predicted octanol–water partition coefficient (Wildman–Crippen LogP) is 4.43. The number of hydrogen-bond donors (Lipinski definition) is 2. The van der Waals surface area contributed by atoms with E-state index < -0.39 is 0 Å². The van der Waals surface area contributed by atoms with Gasteiger partial charge in [-0.15, -0.1) is 35.7 Å². The van der Waals surface area contributed by atoms with Crippen molar-refractivity contribution in [3.63, 3.8) is 0 Å². The Morgan fingerprint density at radius 2 is 1.83 bits per heavy atom. The molecule has 164 valence electrons. The number of aliphatic imine (C=N–C) groups is 1. The van der Waals surface area contributed by atoms with Gasteiger partial charge in [0.05, 0.1) is 19.8 Å². The molecule has 30 heavy (non-hydrogen) atoms. The SMILES string of the molecule is CCNC(=NCc1ccc(N2CCOCC2)cc1)NCc1ccc(C)cc1SC.I. The summed E-state index contributed by atoms with van der Waals surface area (Å²) in [6, 6.07) is 15.3. The van der Waals surface area contributed by atoms with Crippen LogP contribution in [0.25, 0.3) is 0 Å². The smallest absolute Gasteiger partial charge is 0.191 e. The van der Waals surface area contributed by atoms with Crippen LogP contribution in [0.2, 0.25) is 0 Å². The maximum atomic E-state index is 5.43. The van der Waals surface area contributed by atoms with Crippen LogP contribution in [0.3, 0.4) is 0 Å². The lowest BCUT2D eigenvalue weighted by molar-refractivity contribution is 0.122. The molecule has 1 aliphatic rings. The van der Waals surface area contributed by atoms with Crippen molar-refractivity contribution in [1.82, 2.24) is 10.6 Å². The molecule has 0 aromatic heterocycles. The Morgan fingerprint density at radius 1 is 1.10 bits per heavy atom. The molecule has 0 spiro atoms. The van der Waals surface area contributed by atoms with Gasteiger partial charge < -0.3 is 20.3 Å². The molecular weight excluding hydrogens is 507 g/mol. The van der Waals surface area contributed by atoms with E-state index in [9.17, 15) is 0 Å². The Morgan fingerprint density at radius 3 is 2.50 bits per heavy atom. The molecule has 0 bridgehead atoms. The number of guanidine groups is 1. The monoisotopic (exact) mass is 540 g/mol. The average Bonchev–Trinajstić information content (AvgIpc) is 2.77. The van der Waals surface area contributed by atoms with E-state index in [1.165, 1.54) is 27.3 Å². The van der Waals surface area contributed by atoms with Gasteiger partial charge in [0, 0.05) is 36.8 Å². The fraction of sp³-hybridized carbons (Fsp3) is 0.435. The summed E-state index contributed by atoms with van der Waals surface area (Å²) in [4.78, 5) is 8.45. The van der Waals surface area contributed by atoms with Gasteiger partial charge in [-0.3, -0.25) is 0 Å². The maximum Gasteiger partial charge on any atom is 0.191 e. The molecule has 0 aliphatic carbocycles. The highest BCUT2D eigenvalue weighted by atomic mass is 127. The summed E-state index contributed by atoms with van der Waals surface area (Å²) >= 11 is 1.79. The highest BCUT2D eigenvalue weighted by molar-refractivity contribution is 14.0. The molecule has 0 atom stereocenters. The summed E-state index contributed by atoms with van der Waals surface area (Å²) in [6.07, 6.45) is 2.12. The molecule has 3 rings (SSSR count). The van der Waals surface area contributed by atoms with Crippen molar-refractivity contribution in [2.75, 3.05) is 44.0 Å². The number of nitrogens with one attached hydrogen (secondary N) is 2. The van der Waals surface area contributed by atoms with Gasteiger partial charge in [-0.05, 0) is 55.0 Å². The second kappa shape index (κ2) is 13.1. The molecular formula is C23H33IN4OS. The first kappa shape index (κ1) is 24.8. The molecule has 0 radical (unpaired) electrons. The highest BCUT2D eigenvalue weighted by Gasteiger charge is 2.10. The van der Waals surface area contributed by atoms with Crippen LogP contribution in [0.1, 0.15) is 23.6 Å². The van der Waals surface area contributed by atoms with E-state index >= 15 is 0 Å². The third kappa shape index (κ3) is 7.35. The minimum atomic E-state index is 0. The zero-order valence-corrected chi connectivity index (χ0v) is 21.3. The van der Waals surface area contributed by atoms with Gasteiger partial charge in [-0.25, -0.2) is 4.99 Å². The van der Waals surface area contributed by atoms with E-state index in [-0.39, 0.29) is 24.0 Å². The van der Waals surface area contributed by atoms with Gasteiger partial charge in [0.1, 0.15) is 0 Å². The Bertz CT molecular complexity index is 807. The van der Waals surface area contributed by atoms with E-state index in [0.717, 1.165) is 45.4 Å². The molecule has 0 amide bonds. The number of halogens is 1. The van der Waals surface area contributed by atoms with Crippen LogP contribution in [0.4, 0.5) is 5.69 Å². The third-order valence-corrected chi connectivity index (χ3v) is 5.79. The number of morpholine rings is 1. The van der Waals surface area contributed by atoms with Gasteiger partial charge >= 0.3 is 0 Å². The quantitative estimate of drug-likeness (QED) is 0.236. The average molecular weight is 541 g/mol. The lowest BCUT2D eigenvalue weighted by Crippen LogP contribution is -2.37. The number of hydrogen-bond acceptors (Lipinski definition) is 4. The Labute approximate surface area is 202 Å². The Balaban J connectivity index is 0.00000320. The Kier molecular flexibility index (Phi) is 10.8. The summed E-state index contributed by atoms with van der Waals surface area (Å²) in [5.74, 6) is 0.845. The third-order valence-electron chi connectivity index (χ3n) is 4.97. The van der Waals surface area contributed by atoms with Crippen molar-refractivity contribution in [3.05, 3.63) is 59.2 Å². The first-order chi connectivity index (χ1) is 14.2. The summed E-state index contributed by atoms with van der Waals surface area (Å²) in [5, 5.41) is 6.81. The minimum absolute atomic E-state index is 0. The largest absolute Gasteiger partial charge is 0.378 e. The van der Waals surface area contributed by atoms with Crippen molar-refractivity contribution in [1.29, 1.82) is 0 Å². The van der Waals surface area contributed by atoms with E-state index in [2.05, 4.69) is 78.1 Å². The zero-order valence-electron chi connectivity index (χ0n) is 18.1. The number of benzene rings is 2. The maximum absolute atomic E-state index is 5.43. The van der Waals surface area contributed by atoms with Crippen LogP contribution in [-0.4, -0.2) is 45.1 Å². The molecule has 2 aromatic rings. The van der Waals surface area contributed by atoms with Gasteiger partial charge in [-0.2, -0.15) is 0 Å². The summed E-state index contributed by atoms with van der Waals surface area (Å²) in [5.41, 5.74) is 5.05. The van der Waals surface area contributed by atoms with Crippen LogP contribution < -0.4 is 15.5 Å². The molecule has 0 unspecified atom stereocenters. The molecule has 1 fully saturated rings. The topological polar surface area (TPSA) is 48.9 Å². The standard InChI is InChI=1S/C23H32N4OS.HI/c1-4-24-23(26-17-20-8-5-18(2)15-22(20)29-3)25-16-19-6-9-21(10-7-19)27-11-13-28-14-12-27;/h5-10,15H,4,11-14,16-17H2,1-3H3,(H2,24,25,26);1H. The molecule has 2 N–H and O–H groups in total. The first-order valence-corrected chi connectivity index (χ1v) is 11.5. The van der Waals surface area contributed by atoms with Gasteiger partial charge in [-0.1, -0.05) is 24.3 Å². The second-order valence-electron chi connectivity index (χ2n) is 7.13. The normalized spacial score (nSPS) is 14.2. The van der Waals surface area contributed by atoms with Crippen LogP contribution in [0.5, 0.6) is 0 Å². The number of aryl methyl sites for hydroxylation is 1.